The summed E-state index contributed by atoms with van der Waals surface area (Å²) in [6, 6.07) is -0.407. The predicted molar refractivity (Wildman–Crippen MR) is 41.4 cm³/mol. The van der Waals surface area contributed by atoms with E-state index in [-0.39, 0.29) is 12.5 Å². The highest BCUT2D eigenvalue weighted by atomic mass is 19.3. The summed E-state index contributed by atoms with van der Waals surface area (Å²) < 4.78 is 27.7. The Bertz CT molecular complexity index is 189. The van der Waals surface area contributed by atoms with Crippen LogP contribution in [0.25, 0.3) is 0 Å². The SMILES string of the molecule is NC1CN(CCOCC(F)F)C1=O. The van der Waals surface area contributed by atoms with Gasteiger partial charge in [-0.05, 0) is 0 Å². The molecular weight excluding hydrogens is 182 g/mol. The van der Waals surface area contributed by atoms with Crippen LogP contribution in [0.15, 0.2) is 0 Å². The van der Waals surface area contributed by atoms with Crippen molar-refractivity contribution in [3.63, 3.8) is 0 Å². The van der Waals surface area contributed by atoms with Crippen LogP contribution < -0.4 is 5.73 Å². The zero-order valence-corrected chi connectivity index (χ0v) is 7.08. The van der Waals surface area contributed by atoms with Gasteiger partial charge in [0.1, 0.15) is 12.6 Å². The summed E-state index contributed by atoms with van der Waals surface area (Å²) in [5.74, 6) is -0.138. The lowest BCUT2D eigenvalue weighted by Crippen LogP contribution is -2.61. The van der Waals surface area contributed by atoms with Crippen LogP contribution in [0.3, 0.4) is 0 Å². The number of hydrogen-bond acceptors (Lipinski definition) is 3. The van der Waals surface area contributed by atoms with Crippen molar-refractivity contribution in [1.82, 2.24) is 4.90 Å². The van der Waals surface area contributed by atoms with Crippen LogP contribution in [-0.2, 0) is 9.53 Å². The van der Waals surface area contributed by atoms with Crippen molar-refractivity contribution in [2.75, 3.05) is 26.3 Å². The second-order valence-corrected chi connectivity index (χ2v) is 2.86. The average molecular weight is 194 g/mol. The molecule has 4 nitrogen and oxygen atoms in total. The number of nitrogens with two attached hydrogens (primary N) is 1. The number of amides is 1. The van der Waals surface area contributed by atoms with E-state index in [2.05, 4.69) is 4.74 Å². The molecule has 1 amide bonds. The molecule has 0 bridgehead atoms. The Morgan fingerprint density at radius 3 is 2.85 bits per heavy atom. The van der Waals surface area contributed by atoms with Crippen molar-refractivity contribution in [1.29, 1.82) is 0 Å². The Kier molecular flexibility index (Phi) is 3.56. The van der Waals surface area contributed by atoms with Gasteiger partial charge in [0.2, 0.25) is 5.91 Å². The highest BCUT2D eigenvalue weighted by molar-refractivity contribution is 5.87. The molecule has 1 unspecified atom stereocenters. The molecule has 13 heavy (non-hydrogen) atoms. The smallest absolute Gasteiger partial charge is 0.261 e. The topological polar surface area (TPSA) is 55.6 Å². The lowest BCUT2D eigenvalue weighted by molar-refractivity contribution is -0.143. The molecule has 2 N–H and O–H groups in total. The first-order valence-electron chi connectivity index (χ1n) is 4.01. The van der Waals surface area contributed by atoms with Crippen molar-refractivity contribution in [2.24, 2.45) is 5.73 Å². The van der Waals surface area contributed by atoms with Crippen LogP contribution in [0.2, 0.25) is 0 Å². The van der Waals surface area contributed by atoms with Crippen LogP contribution in [0.4, 0.5) is 8.78 Å². The molecule has 0 aromatic rings. The van der Waals surface area contributed by atoms with E-state index < -0.39 is 19.1 Å². The van der Waals surface area contributed by atoms with Gasteiger partial charge >= 0.3 is 0 Å². The number of rotatable bonds is 5. The van der Waals surface area contributed by atoms with Crippen molar-refractivity contribution in [3.05, 3.63) is 0 Å². The number of carbonyl (C=O) groups is 1. The van der Waals surface area contributed by atoms with Gasteiger partial charge in [-0.15, -0.1) is 0 Å². The van der Waals surface area contributed by atoms with Gasteiger partial charge in [0.15, 0.2) is 0 Å². The maximum atomic E-state index is 11.6. The minimum atomic E-state index is -2.45. The predicted octanol–water partition coefficient (Wildman–Crippen LogP) is -0.562. The van der Waals surface area contributed by atoms with Crippen LogP contribution in [0, 0.1) is 0 Å². The lowest BCUT2D eigenvalue weighted by Gasteiger charge is -2.35. The van der Waals surface area contributed by atoms with Gasteiger partial charge in [0.25, 0.3) is 6.43 Å². The molecule has 0 aromatic heterocycles. The molecule has 1 aliphatic rings. The molecule has 1 heterocycles. The van der Waals surface area contributed by atoms with Gasteiger partial charge in [0, 0.05) is 13.1 Å². The average Bonchev–Trinajstić information content (AvgIpc) is 2.09. The van der Waals surface area contributed by atoms with E-state index >= 15 is 0 Å². The van der Waals surface area contributed by atoms with E-state index in [1.165, 1.54) is 4.90 Å². The second kappa shape index (κ2) is 4.48. The number of likely N-dealkylation sites (tertiary alicyclic amines) is 1. The van der Waals surface area contributed by atoms with E-state index in [0.717, 1.165) is 0 Å². The third kappa shape index (κ3) is 2.89. The first kappa shape index (κ1) is 10.3. The normalized spacial score (nSPS) is 22.3. The Hall–Kier alpha value is -0.750. The molecule has 1 saturated heterocycles. The number of ether oxygens (including phenoxy) is 1. The molecule has 76 valence electrons. The first-order valence-corrected chi connectivity index (χ1v) is 4.01. The van der Waals surface area contributed by atoms with Crippen LogP contribution in [0.5, 0.6) is 0 Å². The molecule has 0 aromatic carbocycles. The molecule has 0 radical (unpaired) electrons. The third-order valence-electron chi connectivity index (χ3n) is 1.80. The molecule has 0 spiro atoms. The van der Waals surface area contributed by atoms with Crippen LogP contribution >= 0.6 is 0 Å². The maximum absolute atomic E-state index is 11.6. The molecule has 1 rings (SSSR count). The molecule has 1 atom stereocenters. The minimum absolute atomic E-state index is 0.138. The van der Waals surface area contributed by atoms with E-state index in [9.17, 15) is 13.6 Å². The molecule has 1 aliphatic heterocycles. The van der Waals surface area contributed by atoms with Crippen molar-refractivity contribution < 1.29 is 18.3 Å². The summed E-state index contributed by atoms with van der Waals surface area (Å²) in [5, 5.41) is 0. The Morgan fingerprint density at radius 1 is 1.69 bits per heavy atom. The first-order chi connectivity index (χ1) is 6.11. The standard InChI is InChI=1S/C7H12F2N2O2/c8-6(9)4-13-2-1-11-3-5(10)7(11)12/h5-6H,1-4,10H2. The number of carbonyl (C=O) groups excluding carboxylic acids is 1. The van der Waals surface area contributed by atoms with Gasteiger partial charge in [-0.1, -0.05) is 0 Å². The number of halogens is 2. The second-order valence-electron chi connectivity index (χ2n) is 2.86. The van der Waals surface area contributed by atoms with Gasteiger partial charge in [-0.2, -0.15) is 0 Å². The molecule has 0 aliphatic carbocycles. The van der Waals surface area contributed by atoms with Crippen LogP contribution in [0.1, 0.15) is 0 Å². The Balaban J connectivity index is 1.98. The fourth-order valence-electron chi connectivity index (χ4n) is 1.08. The number of β-lactam (4-membered cyclic amide) rings is 1. The summed E-state index contributed by atoms with van der Waals surface area (Å²) in [5.41, 5.74) is 5.31. The summed E-state index contributed by atoms with van der Waals surface area (Å²) in [6.45, 7) is 0.410. The van der Waals surface area contributed by atoms with E-state index in [0.29, 0.717) is 13.1 Å². The molecule has 6 heteroatoms. The van der Waals surface area contributed by atoms with E-state index in [1.54, 1.807) is 0 Å². The summed E-state index contributed by atoms with van der Waals surface area (Å²) in [7, 11) is 0. The van der Waals surface area contributed by atoms with Crippen molar-refractivity contribution in [2.45, 2.75) is 12.5 Å². The Labute approximate surface area is 74.6 Å². The van der Waals surface area contributed by atoms with Gasteiger partial charge < -0.3 is 15.4 Å². The van der Waals surface area contributed by atoms with Gasteiger partial charge in [-0.25, -0.2) is 8.78 Å². The van der Waals surface area contributed by atoms with Crippen molar-refractivity contribution in [3.8, 4) is 0 Å². The quantitative estimate of drug-likeness (QED) is 0.471. The fraction of sp³-hybridized carbons (Fsp3) is 0.857. The van der Waals surface area contributed by atoms with Gasteiger partial charge in [-0.3, -0.25) is 4.79 Å². The largest absolute Gasteiger partial charge is 0.374 e. The molecule has 1 fully saturated rings. The van der Waals surface area contributed by atoms with Crippen LogP contribution in [-0.4, -0.2) is 49.6 Å². The number of alkyl halides is 2. The van der Waals surface area contributed by atoms with E-state index in [4.69, 9.17) is 5.73 Å². The van der Waals surface area contributed by atoms with Crippen molar-refractivity contribution >= 4 is 5.91 Å². The summed E-state index contributed by atoms with van der Waals surface area (Å²) in [4.78, 5) is 12.4. The highest BCUT2D eigenvalue weighted by Crippen LogP contribution is 2.06. The molecule has 0 saturated carbocycles. The summed E-state index contributed by atoms with van der Waals surface area (Å²) >= 11 is 0. The summed E-state index contributed by atoms with van der Waals surface area (Å²) in [6.07, 6.45) is -2.45. The highest BCUT2D eigenvalue weighted by Gasteiger charge is 2.32. The maximum Gasteiger partial charge on any atom is 0.261 e. The molecular formula is C7H12F2N2O2. The third-order valence-corrected chi connectivity index (χ3v) is 1.80. The number of nitrogens with zero attached hydrogens (tertiary/aromatic N) is 1. The minimum Gasteiger partial charge on any atom is -0.374 e. The van der Waals surface area contributed by atoms with E-state index in [1.807, 2.05) is 0 Å². The Morgan fingerprint density at radius 2 is 2.38 bits per heavy atom. The zero-order valence-electron chi connectivity index (χ0n) is 7.08. The van der Waals surface area contributed by atoms with Gasteiger partial charge in [0.05, 0.1) is 6.61 Å². The zero-order chi connectivity index (χ0) is 9.84. The number of hydrogen-bond donors (Lipinski definition) is 1. The lowest BCUT2D eigenvalue weighted by atomic mass is 10.1. The fourth-order valence-corrected chi connectivity index (χ4v) is 1.08. The monoisotopic (exact) mass is 194 g/mol.